The second kappa shape index (κ2) is 8.16. The van der Waals surface area contributed by atoms with Crippen LogP contribution in [0.5, 0.6) is 40.2 Å². The van der Waals surface area contributed by atoms with Gasteiger partial charge in [-0.1, -0.05) is 19.1 Å². The molecule has 3 aromatic carbocycles. The zero-order valence-corrected chi connectivity index (χ0v) is 16.9. The van der Waals surface area contributed by atoms with Gasteiger partial charge in [0.2, 0.25) is 0 Å². The summed E-state index contributed by atoms with van der Waals surface area (Å²) < 4.78 is 0. The third-order valence-corrected chi connectivity index (χ3v) is 5.56. The average Bonchev–Trinajstić information content (AvgIpc) is 2.70. The SMILES string of the molecule is Cc1c(O)cc(O)c(C(C)C(O)C(c2ccc(O)c(O)c2)c2ccc(O)cc2O)c1O. The van der Waals surface area contributed by atoms with Crippen LogP contribution in [0.2, 0.25) is 0 Å². The minimum absolute atomic E-state index is 0.00549. The Morgan fingerprint density at radius 2 is 1.35 bits per heavy atom. The lowest BCUT2D eigenvalue weighted by atomic mass is 9.78. The van der Waals surface area contributed by atoms with E-state index in [1.165, 1.54) is 37.3 Å². The molecule has 8 nitrogen and oxygen atoms in total. The van der Waals surface area contributed by atoms with Crippen LogP contribution >= 0.6 is 0 Å². The van der Waals surface area contributed by atoms with Crippen LogP contribution in [0, 0.1) is 6.92 Å². The van der Waals surface area contributed by atoms with Crippen LogP contribution in [0.1, 0.15) is 41.0 Å². The molecule has 0 fully saturated rings. The van der Waals surface area contributed by atoms with Crippen molar-refractivity contribution in [2.75, 3.05) is 0 Å². The quantitative estimate of drug-likeness (QED) is 0.287. The molecule has 31 heavy (non-hydrogen) atoms. The summed E-state index contributed by atoms with van der Waals surface area (Å²) in [6, 6.07) is 8.78. The number of hydrogen-bond acceptors (Lipinski definition) is 8. The van der Waals surface area contributed by atoms with Gasteiger partial charge < -0.3 is 40.9 Å². The van der Waals surface area contributed by atoms with Gasteiger partial charge in [0, 0.05) is 40.7 Å². The van der Waals surface area contributed by atoms with Gasteiger partial charge >= 0.3 is 0 Å². The molecule has 0 aliphatic heterocycles. The molecule has 164 valence electrons. The summed E-state index contributed by atoms with van der Waals surface area (Å²) in [5.41, 5.74) is 0.647. The maximum atomic E-state index is 11.3. The fraction of sp³-hybridized carbons (Fsp3) is 0.217. The smallest absolute Gasteiger partial charge is 0.157 e. The standard InChI is InChI=1S/C23H24O8/c1-10-16(26)9-19(29)20(22(10)30)11(2)23(31)21(12-3-6-15(25)18(28)7-12)14-5-4-13(24)8-17(14)27/h3-9,11,21,23-31H,1-2H3. The normalized spacial score (nSPS) is 14.2. The molecule has 3 rings (SSSR count). The lowest BCUT2D eigenvalue weighted by molar-refractivity contribution is 0.128. The van der Waals surface area contributed by atoms with E-state index < -0.39 is 29.4 Å². The lowest BCUT2D eigenvalue weighted by Crippen LogP contribution is -2.26. The first-order chi connectivity index (χ1) is 14.5. The van der Waals surface area contributed by atoms with E-state index in [0.29, 0.717) is 5.56 Å². The Labute approximate surface area is 178 Å². The minimum Gasteiger partial charge on any atom is -0.508 e. The van der Waals surface area contributed by atoms with Crippen LogP contribution in [-0.2, 0) is 0 Å². The molecule has 3 atom stereocenters. The van der Waals surface area contributed by atoms with Gasteiger partial charge in [0.15, 0.2) is 11.5 Å². The highest BCUT2D eigenvalue weighted by Crippen LogP contribution is 2.47. The highest BCUT2D eigenvalue weighted by Gasteiger charge is 2.34. The number of phenols is 7. The van der Waals surface area contributed by atoms with Crippen molar-refractivity contribution in [1.82, 2.24) is 0 Å². The Morgan fingerprint density at radius 3 is 1.97 bits per heavy atom. The van der Waals surface area contributed by atoms with Crippen LogP contribution in [0.4, 0.5) is 0 Å². The number of aliphatic hydroxyl groups excluding tert-OH is 1. The Morgan fingerprint density at radius 1 is 0.677 bits per heavy atom. The molecule has 0 saturated carbocycles. The summed E-state index contributed by atoms with van der Waals surface area (Å²) in [7, 11) is 0. The van der Waals surface area contributed by atoms with Gasteiger partial charge in [0.1, 0.15) is 28.7 Å². The van der Waals surface area contributed by atoms with E-state index >= 15 is 0 Å². The van der Waals surface area contributed by atoms with Gasteiger partial charge in [0.25, 0.3) is 0 Å². The van der Waals surface area contributed by atoms with E-state index in [9.17, 15) is 40.9 Å². The highest BCUT2D eigenvalue weighted by atomic mass is 16.3. The van der Waals surface area contributed by atoms with E-state index in [1.807, 2.05) is 0 Å². The predicted octanol–water partition coefficient (Wildman–Crippen LogP) is 3.23. The second-order valence-electron chi connectivity index (χ2n) is 7.55. The summed E-state index contributed by atoms with van der Waals surface area (Å²) in [6.45, 7) is 2.99. The molecular formula is C23H24O8. The molecule has 8 heteroatoms. The number of aliphatic hydroxyl groups is 1. The topological polar surface area (TPSA) is 162 Å². The van der Waals surface area contributed by atoms with E-state index in [0.717, 1.165) is 12.1 Å². The van der Waals surface area contributed by atoms with Crippen LogP contribution in [0.25, 0.3) is 0 Å². The van der Waals surface area contributed by atoms with Crippen molar-refractivity contribution < 1.29 is 40.9 Å². The first-order valence-electron chi connectivity index (χ1n) is 9.49. The van der Waals surface area contributed by atoms with Gasteiger partial charge in [-0.15, -0.1) is 0 Å². The molecule has 8 N–H and O–H groups in total. The number of benzene rings is 3. The van der Waals surface area contributed by atoms with Crippen molar-refractivity contribution in [3.8, 4) is 40.2 Å². The van der Waals surface area contributed by atoms with Gasteiger partial charge in [-0.2, -0.15) is 0 Å². The van der Waals surface area contributed by atoms with E-state index in [-0.39, 0.29) is 45.4 Å². The molecule has 0 bridgehead atoms. The number of hydrogen-bond donors (Lipinski definition) is 8. The van der Waals surface area contributed by atoms with Crippen molar-refractivity contribution in [2.24, 2.45) is 0 Å². The Balaban J connectivity index is 2.17. The highest BCUT2D eigenvalue weighted by molar-refractivity contribution is 5.57. The Bertz CT molecular complexity index is 1130. The monoisotopic (exact) mass is 428 g/mol. The van der Waals surface area contributed by atoms with Crippen LogP contribution in [0.3, 0.4) is 0 Å². The molecule has 0 saturated heterocycles. The number of phenolic OH excluding ortho intramolecular Hbond substituents is 7. The number of aromatic hydroxyl groups is 7. The van der Waals surface area contributed by atoms with Crippen LogP contribution in [0.15, 0.2) is 42.5 Å². The molecule has 3 unspecified atom stereocenters. The Hall–Kier alpha value is -3.78. The van der Waals surface area contributed by atoms with Crippen molar-refractivity contribution in [3.05, 3.63) is 64.7 Å². The van der Waals surface area contributed by atoms with Crippen molar-refractivity contribution in [1.29, 1.82) is 0 Å². The number of rotatable bonds is 5. The predicted molar refractivity (Wildman–Crippen MR) is 112 cm³/mol. The van der Waals surface area contributed by atoms with E-state index in [1.54, 1.807) is 6.92 Å². The summed E-state index contributed by atoms with van der Waals surface area (Å²) in [6.07, 6.45) is -1.36. The van der Waals surface area contributed by atoms with Crippen molar-refractivity contribution in [3.63, 3.8) is 0 Å². The molecule has 0 aliphatic rings. The van der Waals surface area contributed by atoms with E-state index in [2.05, 4.69) is 0 Å². The summed E-state index contributed by atoms with van der Waals surface area (Å²) >= 11 is 0. The molecule has 0 aromatic heterocycles. The molecule has 0 heterocycles. The molecular weight excluding hydrogens is 404 g/mol. The second-order valence-corrected chi connectivity index (χ2v) is 7.55. The van der Waals surface area contributed by atoms with Crippen LogP contribution in [-0.4, -0.2) is 47.0 Å². The summed E-state index contributed by atoms with van der Waals surface area (Å²) in [5, 5.41) is 81.6. The first kappa shape index (κ1) is 21.9. The van der Waals surface area contributed by atoms with Crippen molar-refractivity contribution in [2.45, 2.75) is 31.8 Å². The Kier molecular flexibility index (Phi) is 5.77. The summed E-state index contributed by atoms with van der Waals surface area (Å²) in [4.78, 5) is 0. The maximum Gasteiger partial charge on any atom is 0.157 e. The van der Waals surface area contributed by atoms with E-state index in [4.69, 9.17) is 0 Å². The zero-order valence-electron chi connectivity index (χ0n) is 16.9. The lowest BCUT2D eigenvalue weighted by Gasteiger charge is -2.30. The van der Waals surface area contributed by atoms with Gasteiger partial charge in [-0.25, -0.2) is 0 Å². The molecule has 3 aromatic rings. The maximum absolute atomic E-state index is 11.3. The van der Waals surface area contributed by atoms with Gasteiger partial charge in [0.05, 0.1) is 6.10 Å². The third-order valence-electron chi connectivity index (χ3n) is 5.56. The fourth-order valence-electron chi connectivity index (χ4n) is 3.76. The fourth-order valence-corrected chi connectivity index (χ4v) is 3.76. The molecule has 0 aliphatic carbocycles. The average molecular weight is 428 g/mol. The third kappa shape index (κ3) is 3.97. The van der Waals surface area contributed by atoms with Gasteiger partial charge in [-0.3, -0.25) is 0 Å². The minimum atomic E-state index is -1.36. The largest absolute Gasteiger partial charge is 0.508 e. The van der Waals surface area contributed by atoms with Crippen LogP contribution < -0.4 is 0 Å². The molecule has 0 spiro atoms. The van der Waals surface area contributed by atoms with Crippen molar-refractivity contribution >= 4 is 0 Å². The molecule has 0 radical (unpaired) electrons. The zero-order chi connectivity index (χ0) is 23.0. The molecule has 0 amide bonds. The first-order valence-corrected chi connectivity index (χ1v) is 9.49. The van der Waals surface area contributed by atoms with Gasteiger partial charge in [-0.05, 0) is 30.7 Å². The summed E-state index contributed by atoms with van der Waals surface area (Å²) in [5.74, 6) is -4.34.